The maximum Gasteiger partial charge on any atom is 0.327 e. The van der Waals surface area contributed by atoms with Crippen molar-refractivity contribution < 1.29 is 57.2 Å². The van der Waals surface area contributed by atoms with Gasteiger partial charge in [-0.05, 0) is 6.42 Å². The number of esters is 2. The van der Waals surface area contributed by atoms with E-state index in [4.69, 9.17) is 33.5 Å². The molecule has 0 saturated heterocycles. The summed E-state index contributed by atoms with van der Waals surface area (Å²) in [6.07, 6.45) is 15.0. The Kier molecular flexibility index (Phi) is 32.0. The molecule has 14 nitrogen and oxygen atoms in total. The molecule has 0 aromatic heterocycles. The lowest BCUT2D eigenvalue weighted by Gasteiger charge is -2.20. The standard InChI is InChI=1S/C34H65N2O12PS/c1-4-5-6-7-8-9-10-11-12-13-14-15-16-17-33(39)36-32(28-50-27-31(48-30(3)38)26-47-29(2)37)34(40)35-18-19-44-20-21-45-22-23-46-24-25-49(41,42)43/h31-32H,4-28H2,1-3H3,(H,35,40)(H,36,39)(H2,41,42,43)/t31-,32+/m1/s1. The van der Waals surface area contributed by atoms with Crippen LogP contribution < -0.4 is 10.6 Å². The number of carbonyl (C=O) groups is 4. The highest BCUT2D eigenvalue weighted by atomic mass is 32.2. The Morgan fingerprint density at radius 1 is 0.700 bits per heavy atom. The van der Waals surface area contributed by atoms with E-state index in [-0.39, 0.29) is 82.3 Å². The van der Waals surface area contributed by atoms with Gasteiger partial charge in [0, 0.05) is 38.3 Å². The maximum absolute atomic E-state index is 13.0. The van der Waals surface area contributed by atoms with Crippen molar-refractivity contribution in [3.63, 3.8) is 0 Å². The third-order valence-corrected chi connectivity index (χ3v) is 9.31. The molecular weight excluding hydrogens is 691 g/mol. The van der Waals surface area contributed by atoms with Crippen molar-refractivity contribution in [2.75, 3.05) is 70.5 Å². The average Bonchev–Trinajstić information content (AvgIpc) is 3.04. The van der Waals surface area contributed by atoms with Gasteiger partial charge >= 0.3 is 19.5 Å². The highest BCUT2D eigenvalue weighted by Gasteiger charge is 2.22. The zero-order valence-corrected chi connectivity index (χ0v) is 32.4. The third kappa shape index (κ3) is 34.7. The van der Waals surface area contributed by atoms with Crippen LogP contribution in [-0.4, -0.2) is 116 Å². The quantitative estimate of drug-likeness (QED) is 0.0401. The number of thioether (sulfide) groups is 1. The zero-order chi connectivity index (χ0) is 37.3. The van der Waals surface area contributed by atoms with Gasteiger partial charge in [-0.3, -0.25) is 23.7 Å². The van der Waals surface area contributed by atoms with Crippen molar-refractivity contribution >= 4 is 43.1 Å². The molecule has 0 unspecified atom stereocenters. The second-order valence-electron chi connectivity index (χ2n) is 12.2. The predicted octanol–water partition coefficient (Wildman–Crippen LogP) is 4.52. The van der Waals surface area contributed by atoms with E-state index in [2.05, 4.69) is 17.6 Å². The number of hydrogen-bond acceptors (Lipinski definition) is 11. The fraction of sp³-hybridized carbons (Fsp3) is 0.882. The molecule has 2 atom stereocenters. The van der Waals surface area contributed by atoms with Gasteiger partial charge in [-0.25, -0.2) is 0 Å². The van der Waals surface area contributed by atoms with Gasteiger partial charge in [-0.1, -0.05) is 84.0 Å². The Labute approximate surface area is 303 Å². The maximum atomic E-state index is 13.0. The van der Waals surface area contributed by atoms with Crippen LogP contribution >= 0.6 is 19.4 Å². The average molecular weight is 757 g/mol. The summed E-state index contributed by atoms with van der Waals surface area (Å²) in [6, 6.07) is -0.824. The Balaban J connectivity index is 4.50. The number of amides is 2. The van der Waals surface area contributed by atoms with Crippen LogP contribution in [-0.2, 0) is 47.4 Å². The lowest BCUT2D eigenvalue weighted by Crippen LogP contribution is -2.49. The molecule has 4 N–H and O–H groups in total. The van der Waals surface area contributed by atoms with Crippen LogP contribution in [0.15, 0.2) is 0 Å². The van der Waals surface area contributed by atoms with Crippen LogP contribution in [0.4, 0.5) is 0 Å². The normalized spacial score (nSPS) is 12.7. The van der Waals surface area contributed by atoms with Crippen molar-refractivity contribution in [1.82, 2.24) is 10.6 Å². The summed E-state index contributed by atoms with van der Waals surface area (Å²) < 4.78 is 36.9. The first-order chi connectivity index (χ1) is 23.9. The van der Waals surface area contributed by atoms with Crippen LogP contribution in [0.25, 0.3) is 0 Å². The molecule has 0 aliphatic rings. The lowest BCUT2D eigenvalue weighted by atomic mass is 10.0. The fourth-order valence-electron chi connectivity index (χ4n) is 4.73. The molecule has 0 heterocycles. The number of rotatable bonds is 35. The van der Waals surface area contributed by atoms with Gasteiger partial charge in [-0.2, -0.15) is 11.8 Å². The molecule has 16 heteroatoms. The summed E-state index contributed by atoms with van der Waals surface area (Å²) in [6.45, 7) is 6.04. The minimum atomic E-state index is -4.07. The molecule has 0 aliphatic heterocycles. The lowest BCUT2D eigenvalue weighted by molar-refractivity contribution is -0.154. The molecule has 2 amide bonds. The van der Waals surface area contributed by atoms with Crippen molar-refractivity contribution in [3.8, 4) is 0 Å². The van der Waals surface area contributed by atoms with Crippen LogP contribution in [0.5, 0.6) is 0 Å². The molecule has 0 aromatic rings. The molecule has 0 aliphatic carbocycles. The summed E-state index contributed by atoms with van der Waals surface area (Å²) in [5.74, 6) is -1.09. The van der Waals surface area contributed by atoms with Gasteiger partial charge in [-0.15, -0.1) is 0 Å². The van der Waals surface area contributed by atoms with E-state index in [0.29, 0.717) is 6.42 Å². The highest BCUT2D eigenvalue weighted by molar-refractivity contribution is 7.99. The second kappa shape index (κ2) is 33.1. The number of unbranched alkanes of at least 4 members (excludes halogenated alkanes) is 12. The molecule has 0 spiro atoms. The zero-order valence-electron chi connectivity index (χ0n) is 30.7. The molecular formula is C34H65N2O12PS. The van der Waals surface area contributed by atoms with E-state index >= 15 is 0 Å². The number of hydrogen-bond donors (Lipinski definition) is 4. The van der Waals surface area contributed by atoms with Gasteiger partial charge < -0.3 is 44.1 Å². The minimum absolute atomic E-state index is 0.0513. The molecule has 294 valence electrons. The largest absolute Gasteiger partial charge is 0.462 e. The molecule has 50 heavy (non-hydrogen) atoms. The Bertz CT molecular complexity index is 940. The van der Waals surface area contributed by atoms with Crippen molar-refractivity contribution in [2.45, 2.75) is 123 Å². The third-order valence-electron chi connectivity index (χ3n) is 7.37. The first-order valence-corrected chi connectivity index (χ1v) is 21.1. The Morgan fingerprint density at radius 3 is 1.74 bits per heavy atom. The number of ether oxygens (including phenoxy) is 5. The van der Waals surface area contributed by atoms with Crippen LogP contribution in [0.1, 0.15) is 111 Å². The summed E-state index contributed by atoms with van der Waals surface area (Å²) in [5, 5.41) is 5.62. The van der Waals surface area contributed by atoms with Gasteiger partial charge in [0.25, 0.3) is 0 Å². The summed E-state index contributed by atoms with van der Waals surface area (Å²) in [4.78, 5) is 66.1. The molecule has 0 bridgehead atoms. The van der Waals surface area contributed by atoms with E-state index in [1.165, 1.54) is 89.8 Å². The molecule has 0 rings (SSSR count). The SMILES string of the molecule is CCCCCCCCCCCCCCCC(=O)N[C@@H](CSC[C@@H](COC(C)=O)OC(C)=O)C(=O)NCCOCCOCCOCCP(=O)(O)O. The van der Waals surface area contributed by atoms with Gasteiger partial charge in [0.1, 0.15) is 18.8 Å². The molecule has 0 aromatic carbocycles. The highest BCUT2D eigenvalue weighted by Crippen LogP contribution is 2.33. The van der Waals surface area contributed by atoms with E-state index in [0.717, 1.165) is 19.3 Å². The molecule has 0 saturated carbocycles. The van der Waals surface area contributed by atoms with Crippen molar-refractivity contribution in [2.24, 2.45) is 0 Å². The minimum Gasteiger partial charge on any atom is -0.462 e. The topological polar surface area (TPSA) is 196 Å². The van der Waals surface area contributed by atoms with E-state index in [1.807, 2.05) is 0 Å². The van der Waals surface area contributed by atoms with Crippen LogP contribution in [0.2, 0.25) is 0 Å². The van der Waals surface area contributed by atoms with Gasteiger partial charge in [0.05, 0.1) is 45.8 Å². The first-order valence-electron chi connectivity index (χ1n) is 18.2. The number of nitrogens with one attached hydrogen (secondary N) is 2. The smallest absolute Gasteiger partial charge is 0.327 e. The van der Waals surface area contributed by atoms with Gasteiger partial charge in [0.15, 0.2) is 0 Å². The number of carbonyl (C=O) groups excluding carboxylic acids is 4. The second-order valence-corrected chi connectivity index (χ2v) is 15.1. The predicted molar refractivity (Wildman–Crippen MR) is 194 cm³/mol. The monoisotopic (exact) mass is 756 g/mol. The van der Waals surface area contributed by atoms with E-state index < -0.39 is 31.7 Å². The van der Waals surface area contributed by atoms with E-state index in [1.54, 1.807) is 0 Å². The Morgan fingerprint density at radius 2 is 1.22 bits per heavy atom. The molecule has 0 radical (unpaired) electrons. The first kappa shape index (κ1) is 48.3. The Hall–Kier alpha value is -1.74. The van der Waals surface area contributed by atoms with Crippen molar-refractivity contribution in [1.29, 1.82) is 0 Å². The summed E-state index contributed by atoms with van der Waals surface area (Å²) in [7, 11) is -4.07. The van der Waals surface area contributed by atoms with E-state index in [9.17, 15) is 23.7 Å². The summed E-state index contributed by atoms with van der Waals surface area (Å²) >= 11 is 1.30. The molecule has 0 fully saturated rings. The van der Waals surface area contributed by atoms with Crippen molar-refractivity contribution in [3.05, 3.63) is 0 Å². The van der Waals surface area contributed by atoms with Crippen LogP contribution in [0.3, 0.4) is 0 Å². The summed E-state index contributed by atoms with van der Waals surface area (Å²) in [5.41, 5.74) is 0. The van der Waals surface area contributed by atoms with Crippen LogP contribution in [0, 0.1) is 0 Å². The van der Waals surface area contributed by atoms with Gasteiger partial charge in [0.2, 0.25) is 11.8 Å². The fourth-order valence-corrected chi connectivity index (χ4v) is 6.13.